The largest absolute Gasteiger partial charge is 0.395 e. The van der Waals surface area contributed by atoms with E-state index >= 15 is 0 Å². The topological polar surface area (TPSA) is 66.5 Å². The molecule has 0 bridgehead atoms. The quantitative estimate of drug-likeness (QED) is 0.629. The second-order valence-electron chi connectivity index (χ2n) is 2.84. The molecule has 1 aromatic rings. The van der Waals surface area contributed by atoms with Crippen molar-refractivity contribution in [2.75, 3.05) is 6.61 Å². The maximum Gasteiger partial charge on any atom is 0.123 e. The number of hydrogen-bond donors (Lipinski definition) is 3. The zero-order valence-corrected chi connectivity index (χ0v) is 7.02. The van der Waals surface area contributed by atoms with Gasteiger partial charge in [-0.1, -0.05) is 12.1 Å². The van der Waals surface area contributed by atoms with Crippen molar-refractivity contribution in [3.05, 3.63) is 35.6 Å². The highest BCUT2D eigenvalue weighted by molar-refractivity contribution is 5.19. The van der Waals surface area contributed by atoms with E-state index in [2.05, 4.69) is 0 Å². The molecule has 0 aliphatic rings. The van der Waals surface area contributed by atoms with Crippen LogP contribution < -0.4 is 5.73 Å². The summed E-state index contributed by atoms with van der Waals surface area (Å²) in [7, 11) is 0. The Morgan fingerprint density at radius 1 is 1.31 bits per heavy atom. The van der Waals surface area contributed by atoms with Gasteiger partial charge in [0.2, 0.25) is 0 Å². The van der Waals surface area contributed by atoms with Crippen molar-refractivity contribution >= 4 is 0 Å². The molecule has 0 aliphatic heterocycles. The first-order valence-corrected chi connectivity index (χ1v) is 3.95. The van der Waals surface area contributed by atoms with Gasteiger partial charge in [0.25, 0.3) is 0 Å². The fraction of sp³-hybridized carbons (Fsp3) is 0.333. The van der Waals surface area contributed by atoms with E-state index in [1.54, 1.807) is 0 Å². The number of aliphatic hydroxyl groups excluding tert-OH is 2. The maximum absolute atomic E-state index is 12.5. The molecular weight excluding hydrogens is 173 g/mol. The number of halogens is 1. The summed E-state index contributed by atoms with van der Waals surface area (Å²) in [5.74, 6) is -0.367. The van der Waals surface area contributed by atoms with Crippen LogP contribution in [0.5, 0.6) is 0 Å². The van der Waals surface area contributed by atoms with Gasteiger partial charge in [-0.05, 0) is 17.7 Å². The lowest BCUT2D eigenvalue weighted by Crippen LogP contribution is -2.31. The van der Waals surface area contributed by atoms with Crippen molar-refractivity contribution in [2.45, 2.75) is 12.1 Å². The van der Waals surface area contributed by atoms with Crippen LogP contribution in [-0.4, -0.2) is 22.9 Å². The summed E-state index contributed by atoms with van der Waals surface area (Å²) < 4.78 is 12.5. The standard InChI is InChI=1S/C9H12FNO2/c10-7-3-1-6(2-4-7)9(13)8(11)5-12/h1-4,8-9,12-13H,5,11H2/t8-,9+/m0/s1. The van der Waals surface area contributed by atoms with Gasteiger partial charge >= 0.3 is 0 Å². The Morgan fingerprint density at radius 3 is 2.31 bits per heavy atom. The van der Waals surface area contributed by atoms with Gasteiger partial charge in [0.05, 0.1) is 18.8 Å². The summed E-state index contributed by atoms with van der Waals surface area (Å²) in [6, 6.07) is 4.63. The van der Waals surface area contributed by atoms with Gasteiger partial charge in [-0.25, -0.2) is 4.39 Å². The van der Waals surface area contributed by atoms with Gasteiger partial charge in [-0.3, -0.25) is 0 Å². The Hall–Kier alpha value is -0.970. The Kier molecular flexibility index (Phi) is 3.36. The molecule has 1 aromatic carbocycles. The molecule has 0 saturated carbocycles. The minimum absolute atomic E-state index is 0.307. The van der Waals surface area contributed by atoms with E-state index in [1.165, 1.54) is 24.3 Å². The molecule has 13 heavy (non-hydrogen) atoms. The van der Waals surface area contributed by atoms with E-state index < -0.39 is 12.1 Å². The van der Waals surface area contributed by atoms with Crippen LogP contribution in [0, 0.1) is 5.82 Å². The second kappa shape index (κ2) is 4.32. The van der Waals surface area contributed by atoms with Gasteiger partial charge < -0.3 is 15.9 Å². The minimum Gasteiger partial charge on any atom is -0.395 e. The number of benzene rings is 1. The predicted molar refractivity (Wildman–Crippen MR) is 46.4 cm³/mol. The molecule has 0 amide bonds. The summed E-state index contributed by atoms with van der Waals surface area (Å²) in [5, 5.41) is 18.1. The van der Waals surface area contributed by atoms with Crippen molar-refractivity contribution in [1.29, 1.82) is 0 Å². The average molecular weight is 185 g/mol. The Labute approximate surface area is 75.6 Å². The zero-order valence-electron chi connectivity index (χ0n) is 7.02. The first-order chi connectivity index (χ1) is 6.15. The third-order valence-corrected chi connectivity index (χ3v) is 1.83. The predicted octanol–water partition coefficient (Wildman–Crippen LogP) is 0.179. The lowest BCUT2D eigenvalue weighted by atomic mass is 10.0. The third-order valence-electron chi connectivity index (χ3n) is 1.83. The third kappa shape index (κ3) is 2.48. The number of nitrogens with two attached hydrogens (primary N) is 1. The van der Waals surface area contributed by atoms with Crippen LogP contribution in [0.2, 0.25) is 0 Å². The second-order valence-corrected chi connectivity index (χ2v) is 2.84. The normalized spacial score (nSPS) is 15.4. The van der Waals surface area contributed by atoms with Crippen LogP contribution >= 0.6 is 0 Å². The number of aliphatic hydroxyl groups is 2. The molecule has 0 aliphatic carbocycles. The average Bonchev–Trinajstić information content (AvgIpc) is 2.17. The van der Waals surface area contributed by atoms with Crippen molar-refractivity contribution < 1.29 is 14.6 Å². The van der Waals surface area contributed by atoms with E-state index in [-0.39, 0.29) is 12.4 Å². The fourth-order valence-corrected chi connectivity index (χ4v) is 1.01. The molecule has 2 atom stereocenters. The number of hydrogen-bond acceptors (Lipinski definition) is 3. The Bertz CT molecular complexity index is 263. The molecule has 4 N–H and O–H groups in total. The van der Waals surface area contributed by atoms with Crippen molar-refractivity contribution in [3.63, 3.8) is 0 Å². The Morgan fingerprint density at radius 2 is 1.85 bits per heavy atom. The van der Waals surface area contributed by atoms with E-state index in [0.29, 0.717) is 5.56 Å². The monoisotopic (exact) mass is 185 g/mol. The van der Waals surface area contributed by atoms with Crippen LogP contribution in [0.15, 0.2) is 24.3 Å². The summed E-state index contributed by atoms with van der Waals surface area (Å²) >= 11 is 0. The molecule has 72 valence electrons. The molecule has 0 unspecified atom stereocenters. The summed E-state index contributed by atoms with van der Waals surface area (Å²) in [6.45, 7) is -0.307. The van der Waals surface area contributed by atoms with Crippen LogP contribution in [0.25, 0.3) is 0 Å². The molecule has 0 spiro atoms. The van der Waals surface area contributed by atoms with Crippen molar-refractivity contribution in [1.82, 2.24) is 0 Å². The van der Waals surface area contributed by atoms with Gasteiger partial charge in [-0.15, -0.1) is 0 Å². The first-order valence-electron chi connectivity index (χ1n) is 3.95. The molecule has 0 saturated heterocycles. The van der Waals surface area contributed by atoms with Gasteiger partial charge in [0.1, 0.15) is 5.82 Å². The summed E-state index contributed by atoms with van der Waals surface area (Å²) in [4.78, 5) is 0. The van der Waals surface area contributed by atoms with Gasteiger partial charge in [-0.2, -0.15) is 0 Å². The lowest BCUT2D eigenvalue weighted by Gasteiger charge is -2.16. The van der Waals surface area contributed by atoms with Crippen LogP contribution in [0.4, 0.5) is 4.39 Å². The zero-order chi connectivity index (χ0) is 9.84. The molecule has 0 heterocycles. The highest BCUT2D eigenvalue weighted by Gasteiger charge is 2.15. The smallest absolute Gasteiger partial charge is 0.123 e. The maximum atomic E-state index is 12.5. The van der Waals surface area contributed by atoms with Gasteiger partial charge in [0.15, 0.2) is 0 Å². The van der Waals surface area contributed by atoms with Crippen molar-refractivity contribution in [2.24, 2.45) is 5.73 Å². The summed E-state index contributed by atoms with van der Waals surface area (Å²) in [5.41, 5.74) is 5.90. The van der Waals surface area contributed by atoms with Crippen LogP contribution in [0.1, 0.15) is 11.7 Å². The molecule has 0 aromatic heterocycles. The Balaban J connectivity index is 2.77. The van der Waals surface area contributed by atoms with E-state index in [9.17, 15) is 9.50 Å². The molecular formula is C9H12FNO2. The van der Waals surface area contributed by atoms with E-state index in [4.69, 9.17) is 10.8 Å². The first kappa shape index (κ1) is 10.1. The van der Waals surface area contributed by atoms with Gasteiger partial charge in [0, 0.05) is 0 Å². The highest BCUT2D eigenvalue weighted by atomic mass is 19.1. The molecule has 4 heteroatoms. The fourth-order valence-electron chi connectivity index (χ4n) is 1.01. The SMILES string of the molecule is N[C@@H](CO)[C@H](O)c1ccc(F)cc1. The lowest BCUT2D eigenvalue weighted by molar-refractivity contribution is 0.109. The van der Waals surface area contributed by atoms with Crippen LogP contribution in [-0.2, 0) is 0 Å². The van der Waals surface area contributed by atoms with Crippen molar-refractivity contribution in [3.8, 4) is 0 Å². The van der Waals surface area contributed by atoms with E-state index in [1.807, 2.05) is 0 Å². The van der Waals surface area contributed by atoms with E-state index in [0.717, 1.165) is 0 Å². The number of rotatable bonds is 3. The molecule has 0 fully saturated rings. The molecule has 1 rings (SSSR count). The van der Waals surface area contributed by atoms with Crippen LogP contribution in [0.3, 0.4) is 0 Å². The highest BCUT2D eigenvalue weighted by Crippen LogP contribution is 2.15. The minimum atomic E-state index is -0.953. The summed E-state index contributed by atoms with van der Waals surface area (Å²) in [6.07, 6.45) is -0.953. The molecule has 0 radical (unpaired) electrons. The molecule has 3 nitrogen and oxygen atoms in total.